The van der Waals surface area contributed by atoms with Gasteiger partial charge in [-0.3, -0.25) is 4.79 Å². The normalized spacial score (nSPS) is 12.0. The van der Waals surface area contributed by atoms with Gasteiger partial charge in [-0.05, 0) is 48.9 Å². The average Bonchev–Trinajstić information content (AvgIpc) is 3.06. The third kappa shape index (κ3) is 3.54. The van der Waals surface area contributed by atoms with Crippen molar-refractivity contribution in [3.05, 3.63) is 82.3 Å². The number of nitrogens with one attached hydrogen (secondary N) is 1. The van der Waals surface area contributed by atoms with Crippen LogP contribution in [0.15, 0.2) is 65.3 Å². The Kier molecular flexibility index (Phi) is 4.76. The van der Waals surface area contributed by atoms with Crippen molar-refractivity contribution in [3.8, 4) is 5.69 Å². The van der Waals surface area contributed by atoms with Crippen LogP contribution in [0.25, 0.3) is 5.69 Å². The fourth-order valence-electron chi connectivity index (χ4n) is 2.36. The van der Waals surface area contributed by atoms with Gasteiger partial charge in [-0.1, -0.05) is 34.1 Å². The van der Waals surface area contributed by atoms with E-state index in [0.717, 1.165) is 10.0 Å². The van der Waals surface area contributed by atoms with Crippen molar-refractivity contribution < 1.29 is 9.18 Å². The van der Waals surface area contributed by atoms with Crippen molar-refractivity contribution >= 4 is 21.8 Å². The maximum absolute atomic E-state index is 13.0. The van der Waals surface area contributed by atoms with Crippen molar-refractivity contribution in [2.24, 2.45) is 0 Å². The lowest BCUT2D eigenvalue weighted by Gasteiger charge is -2.15. The minimum absolute atomic E-state index is 0.163. The van der Waals surface area contributed by atoms with Gasteiger partial charge in [0, 0.05) is 10.7 Å². The summed E-state index contributed by atoms with van der Waals surface area (Å²) in [5.41, 5.74) is 1.98. The highest BCUT2D eigenvalue weighted by atomic mass is 79.9. The van der Waals surface area contributed by atoms with Gasteiger partial charge in [-0.25, -0.2) is 9.07 Å². The molecule has 3 rings (SSSR count). The molecule has 1 N–H and O–H groups in total. The molecule has 0 saturated carbocycles. The Morgan fingerprint density at radius 1 is 1.17 bits per heavy atom. The molecule has 0 bridgehead atoms. The zero-order chi connectivity index (χ0) is 17.1. The minimum atomic E-state index is -0.314. The van der Waals surface area contributed by atoms with Crippen LogP contribution >= 0.6 is 15.9 Å². The van der Waals surface area contributed by atoms with Crippen molar-refractivity contribution in [2.75, 3.05) is 0 Å². The molecule has 4 nitrogen and oxygen atoms in total. The van der Waals surface area contributed by atoms with Crippen LogP contribution in [0.3, 0.4) is 0 Å². The van der Waals surface area contributed by atoms with Gasteiger partial charge in [-0.15, -0.1) is 0 Å². The molecule has 1 unspecified atom stereocenters. The zero-order valence-electron chi connectivity index (χ0n) is 12.9. The van der Waals surface area contributed by atoms with E-state index in [9.17, 15) is 9.18 Å². The maximum atomic E-state index is 13.0. The van der Waals surface area contributed by atoms with E-state index >= 15 is 0 Å². The molecule has 0 saturated heterocycles. The third-order valence-corrected chi connectivity index (χ3v) is 4.35. The van der Waals surface area contributed by atoms with Crippen molar-refractivity contribution in [1.82, 2.24) is 15.1 Å². The van der Waals surface area contributed by atoms with Crippen molar-refractivity contribution in [3.63, 3.8) is 0 Å². The molecule has 1 atom stereocenters. The Hall–Kier alpha value is -2.47. The summed E-state index contributed by atoms with van der Waals surface area (Å²) in [5.74, 6) is -0.578. The largest absolute Gasteiger partial charge is 0.344 e. The number of aromatic nitrogens is 2. The van der Waals surface area contributed by atoms with Crippen molar-refractivity contribution in [2.45, 2.75) is 13.0 Å². The highest BCUT2D eigenvalue weighted by Crippen LogP contribution is 2.23. The molecule has 0 aliphatic heterocycles. The quantitative estimate of drug-likeness (QED) is 0.726. The molecule has 24 heavy (non-hydrogen) atoms. The van der Waals surface area contributed by atoms with Crippen LogP contribution in [0.4, 0.5) is 4.39 Å². The molecule has 0 radical (unpaired) electrons. The van der Waals surface area contributed by atoms with Crippen LogP contribution < -0.4 is 5.32 Å². The van der Waals surface area contributed by atoms with Crippen LogP contribution in [0.1, 0.15) is 29.0 Å². The lowest BCUT2D eigenvalue weighted by Crippen LogP contribution is -2.27. The van der Waals surface area contributed by atoms with Gasteiger partial charge < -0.3 is 5.32 Å². The summed E-state index contributed by atoms with van der Waals surface area (Å²) in [4.78, 5) is 12.4. The number of hydrogen-bond donors (Lipinski definition) is 1. The van der Waals surface area contributed by atoms with Gasteiger partial charge in [0.05, 0.1) is 11.7 Å². The molecule has 2 aromatic carbocycles. The molecule has 0 fully saturated rings. The molecule has 1 amide bonds. The van der Waals surface area contributed by atoms with E-state index in [2.05, 4.69) is 26.3 Å². The standard InChI is InChI=1S/C18H15BrFN3O/c1-12(15-4-2-3-5-16(15)19)21-18(24)17-10-11-23(22-17)14-8-6-13(20)7-9-14/h2-12H,1H3,(H,21,24). The first-order chi connectivity index (χ1) is 11.5. The predicted molar refractivity (Wildman–Crippen MR) is 93.5 cm³/mol. The first kappa shape index (κ1) is 16.4. The molecule has 0 aliphatic rings. The fourth-order valence-corrected chi connectivity index (χ4v) is 2.99. The lowest BCUT2D eigenvalue weighted by molar-refractivity contribution is 0.0934. The highest BCUT2D eigenvalue weighted by Gasteiger charge is 2.15. The molecule has 6 heteroatoms. The molecular formula is C18H15BrFN3O. The Morgan fingerprint density at radius 3 is 2.58 bits per heavy atom. The smallest absolute Gasteiger partial charge is 0.272 e. The van der Waals surface area contributed by atoms with Gasteiger partial charge >= 0.3 is 0 Å². The summed E-state index contributed by atoms with van der Waals surface area (Å²) in [6.07, 6.45) is 1.67. The molecule has 122 valence electrons. The Bertz CT molecular complexity index is 861. The minimum Gasteiger partial charge on any atom is -0.344 e. The topological polar surface area (TPSA) is 46.9 Å². The van der Waals surface area contributed by atoms with Gasteiger partial charge in [0.15, 0.2) is 5.69 Å². The number of nitrogens with zero attached hydrogens (tertiary/aromatic N) is 2. The third-order valence-electron chi connectivity index (χ3n) is 3.63. The van der Waals surface area contributed by atoms with Crippen LogP contribution in [-0.2, 0) is 0 Å². The van der Waals surface area contributed by atoms with E-state index in [1.165, 1.54) is 16.8 Å². The maximum Gasteiger partial charge on any atom is 0.272 e. The summed E-state index contributed by atoms with van der Waals surface area (Å²) in [6, 6.07) is 15.1. The number of carbonyl (C=O) groups excluding carboxylic acids is 1. The van der Waals surface area contributed by atoms with E-state index in [0.29, 0.717) is 11.4 Å². The number of hydrogen-bond acceptors (Lipinski definition) is 2. The van der Waals surface area contributed by atoms with Crippen LogP contribution in [0.5, 0.6) is 0 Å². The molecule has 0 aliphatic carbocycles. The average molecular weight is 388 g/mol. The summed E-state index contributed by atoms with van der Waals surface area (Å²) in [5, 5.41) is 7.17. The van der Waals surface area contributed by atoms with Crippen molar-refractivity contribution in [1.29, 1.82) is 0 Å². The number of rotatable bonds is 4. The SMILES string of the molecule is CC(NC(=O)c1ccn(-c2ccc(F)cc2)n1)c1ccccc1Br. The van der Waals surface area contributed by atoms with Gasteiger partial charge in [0.1, 0.15) is 5.82 Å². The van der Waals surface area contributed by atoms with E-state index in [4.69, 9.17) is 0 Å². The summed E-state index contributed by atoms with van der Waals surface area (Å²) in [6.45, 7) is 1.91. The first-order valence-corrected chi connectivity index (χ1v) is 8.21. The van der Waals surface area contributed by atoms with Crippen LogP contribution in [-0.4, -0.2) is 15.7 Å². The Balaban J connectivity index is 1.74. The summed E-state index contributed by atoms with van der Waals surface area (Å²) >= 11 is 3.48. The lowest BCUT2D eigenvalue weighted by atomic mass is 10.1. The molecular weight excluding hydrogens is 373 g/mol. The van der Waals surface area contributed by atoms with E-state index < -0.39 is 0 Å². The van der Waals surface area contributed by atoms with Gasteiger partial charge in [0.25, 0.3) is 5.91 Å². The summed E-state index contributed by atoms with van der Waals surface area (Å²) in [7, 11) is 0. The second-order valence-corrected chi connectivity index (χ2v) is 6.19. The molecule has 3 aromatic rings. The van der Waals surface area contributed by atoms with E-state index in [1.807, 2.05) is 31.2 Å². The fraction of sp³-hybridized carbons (Fsp3) is 0.111. The molecule has 0 spiro atoms. The van der Waals surface area contributed by atoms with Crippen LogP contribution in [0, 0.1) is 5.82 Å². The summed E-state index contributed by atoms with van der Waals surface area (Å²) < 4.78 is 15.5. The number of benzene rings is 2. The second-order valence-electron chi connectivity index (χ2n) is 5.34. The first-order valence-electron chi connectivity index (χ1n) is 7.41. The second kappa shape index (κ2) is 6.97. The van der Waals surface area contributed by atoms with Gasteiger partial charge in [-0.2, -0.15) is 5.10 Å². The molecule has 1 heterocycles. The predicted octanol–water partition coefficient (Wildman–Crippen LogP) is 4.26. The van der Waals surface area contributed by atoms with E-state index in [-0.39, 0.29) is 17.8 Å². The monoisotopic (exact) mass is 387 g/mol. The van der Waals surface area contributed by atoms with E-state index in [1.54, 1.807) is 24.4 Å². The number of carbonyl (C=O) groups is 1. The number of halogens is 2. The molecule has 1 aromatic heterocycles. The highest BCUT2D eigenvalue weighted by molar-refractivity contribution is 9.10. The number of amides is 1. The van der Waals surface area contributed by atoms with Gasteiger partial charge in [0.2, 0.25) is 0 Å². The zero-order valence-corrected chi connectivity index (χ0v) is 14.5. The van der Waals surface area contributed by atoms with Crippen LogP contribution in [0.2, 0.25) is 0 Å². The Labute approximate surface area is 147 Å². The Morgan fingerprint density at radius 2 is 1.88 bits per heavy atom.